The van der Waals surface area contributed by atoms with Gasteiger partial charge in [-0.15, -0.1) is 0 Å². The van der Waals surface area contributed by atoms with E-state index in [9.17, 15) is 0 Å². The summed E-state index contributed by atoms with van der Waals surface area (Å²) >= 11 is 3.47. The van der Waals surface area contributed by atoms with Crippen molar-refractivity contribution in [3.8, 4) is 11.3 Å². The quantitative estimate of drug-likeness (QED) is 0.940. The van der Waals surface area contributed by atoms with Crippen LogP contribution in [0.15, 0.2) is 41.0 Å². The predicted molar refractivity (Wildman–Crippen MR) is 71.8 cm³/mol. The Labute approximate surface area is 108 Å². The summed E-state index contributed by atoms with van der Waals surface area (Å²) in [6.45, 7) is 0. The monoisotopic (exact) mass is 289 g/mol. The van der Waals surface area contributed by atoms with Crippen molar-refractivity contribution in [3.05, 3.63) is 41.0 Å². The third kappa shape index (κ3) is 2.64. The van der Waals surface area contributed by atoms with E-state index in [4.69, 9.17) is 0 Å². The van der Waals surface area contributed by atoms with Crippen LogP contribution in [0.1, 0.15) is 12.8 Å². The number of anilines is 1. The van der Waals surface area contributed by atoms with Crippen molar-refractivity contribution >= 4 is 21.9 Å². The molecule has 1 aromatic carbocycles. The minimum Gasteiger partial charge on any atom is -0.351 e. The molecule has 3 nitrogen and oxygen atoms in total. The van der Waals surface area contributed by atoms with E-state index in [1.54, 1.807) is 6.20 Å². The Balaban J connectivity index is 1.91. The number of nitrogens with one attached hydrogen (secondary N) is 1. The SMILES string of the molecule is Brc1cccc(-c2ccnc(NC3CC3)n2)c1. The molecule has 0 aliphatic heterocycles. The number of benzene rings is 1. The Bertz CT molecular complexity index is 538. The van der Waals surface area contributed by atoms with Crippen molar-refractivity contribution in [2.75, 3.05) is 5.32 Å². The zero-order chi connectivity index (χ0) is 11.7. The Morgan fingerprint density at radius 2 is 2.12 bits per heavy atom. The summed E-state index contributed by atoms with van der Waals surface area (Å²) in [6.07, 6.45) is 4.25. The molecule has 1 aliphatic carbocycles. The Hall–Kier alpha value is -1.42. The summed E-state index contributed by atoms with van der Waals surface area (Å²) in [5.41, 5.74) is 2.05. The van der Waals surface area contributed by atoms with Crippen molar-refractivity contribution in [1.29, 1.82) is 0 Å². The highest BCUT2D eigenvalue weighted by molar-refractivity contribution is 9.10. The number of hydrogen-bond donors (Lipinski definition) is 1. The molecule has 1 aromatic heterocycles. The van der Waals surface area contributed by atoms with E-state index < -0.39 is 0 Å². The van der Waals surface area contributed by atoms with Crippen molar-refractivity contribution in [1.82, 2.24) is 9.97 Å². The minimum atomic E-state index is 0.577. The first-order valence-corrected chi connectivity index (χ1v) is 6.46. The van der Waals surface area contributed by atoms with Gasteiger partial charge in [0.05, 0.1) is 5.69 Å². The van der Waals surface area contributed by atoms with Crippen molar-refractivity contribution in [3.63, 3.8) is 0 Å². The van der Waals surface area contributed by atoms with Gasteiger partial charge in [0, 0.05) is 22.3 Å². The first-order chi connectivity index (χ1) is 8.31. The summed E-state index contributed by atoms with van der Waals surface area (Å²) in [7, 11) is 0. The van der Waals surface area contributed by atoms with Crippen LogP contribution in [0.25, 0.3) is 11.3 Å². The van der Waals surface area contributed by atoms with Gasteiger partial charge in [0.1, 0.15) is 0 Å². The third-order valence-corrected chi connectivity index (χ3v) is 3.18. The predicted octanol–water partition coefficient (Wildman–Crippen LogP) is 3.48. The Kier molecular flexibility index (Phi) is 2.81. The second-order valence-electron chi connectivity index (χ2n) is 4.19. The highest BCUT2D eigenvalue weighted by Gasteiger charge is 2.21. The fourth-order valence-corrected chi connectivity index (χ4v) is 2.05. The topological polar surface area (TPSA) is 37.8 Å². The van der Waals surface area contributed by atoms with Crippen LogP contribution in [-0.4, -0.2) is 16.0 Å². The van der Waals surface area contributed by atoms with E-state index in [1.807, 2.05) is 24.3 Å². The third-order valence-electron chi connectivity index (χ3n) is 2.69. The molecule has 1 heterocycles. The maximum absolute atomic E-state index is 4.52. The lowest BCUT2D eigenvalue weighted by Gasteiger charge is -2.05. The van der Waals surface area contributed by atoms with Gasteiger partial charge in [-0.1, -0.05) is 28.1 Å². The van der Waals surface area contributed by atoms with Crippen LogP contribution >= 0.6 is 15.9 Å². The molecule has 17 heavy (non-hydrogen) atoms. The lowest BCUT2D eigenvalue weighted by atomic mass is 10.1. The normalized spacial score (nSPS) is 14.6. The maximum atomic E-state index is 4.52. The van der Waals surface area contributed by atoms with Gasteiger partial charge in [-0.3, -0.25) is 0 Å². The molecule has 3 rings (SSSR count). The Morgan fingerprint density at radius 1 is 1.24 bits per heavy atom. The van der Waals surface area contributed by atoms with Crippen LogP contribution in [0.2, 0.25) is 0 Å². The minimum absolute atomic E-state index is 0.577. The lowest BCUT2D eigenvalue weighted by molar-refractivity contribution is 1.06. The van der Waals surface area contributed by atoms with Crippen molar-refractivity contribution in [2.45, 2.75) is 18.9 Å². The smallest absolute Gasteiger partial charge is 0.223 e. The standard InChI is InChI=1S/C13H12BrN3/c14-10-3-1-2-9(8-10)12-6-7-15-13(17-12)16-11-4-5-11/h1-3,6-8,11H,4-5H2,(H,15,16,17). The molecular formula is C13H12BrN3. The molecule has 0 bridgehead atoms. The van der Waals surface area contributed by atoms with Crippen LogP contribution in [0, 0.1) is 0 Å². The fourth-order valence-electron chi connectivity index (χ4n) is 1.65. The van der Waals surface area contributed by atoms with E-state index in [0.29, 0.717) is 6.04 Å². The number of hydrogen-bond acceptors (Lipinski definition) is 3. The summed E-state index contributed by atoms with van der Waals surface area (Å²) in [5.74, 6) is 0.727. The molecule has 0 spiro atoms. The molecule has 1 saturated carbocycles. The average Bonchev–Trinajstić information content (AvgIpc) is 3.13. The molecule has 0 atom stereocenters. The van der Waals surface area contributed by atoms with Crippen LogP contribution in [0.3, 0.4) is 0 Å². The summed E-state index contributed by atoms with van der Waals surface area (Å²) < 4.78 is 1.06. The van der Waals surface area contributed by atoms with Crippen LogP contribution < -0.4 is 5.32 Å². The molecule has 4 heteroatoms. The first-order valence-electron chi connectivity index (χ1n) is 5.67. The highest BCUT2D eigenvalue weighted by atomic mass is 79.9. The van der Waals surface area contributed by atoms with Gasteiger partial charge >= 0.3 is 0 Å². The van der Waals surface area contributed by atoms with Gasteiger partial charge in [-0.25, -0.2) is 9.97 Å². The molecule has 0 saturated heterocycles. The van der Waals surface area contributed by atoms with Gasteiger partial charge < -0.3 is 5.32 Å². The molecule has 0 unspecified atom stereocenters. The number of rotatable bonds is 3. The fraction of sp³-hybridized carbons (Fsp3) is 0.231. The largest absolute Gasteiger partial charge is 0.351 e. The summed E-state index contributed by atoms with van der Waals surface area (Å²) in [5, 5.41) is 3.31. The maximum Gasteiger partial charge on any atom is 0.223 e. The van der Waals surface area contributed by atoms with Crippen LogP contribution in [0.4, 0.5) is 5.95 Å². The average molecular weight is 290 g/mol. The second-order valence-corrected chi connectivity index (χ2v) is 5.11. The molecule has 2 aromatic rings. The number of aromatic nitrogens is 2. The van der Waals surface area contributed by atoms with Gasteiger partial charge in [0.25, 0.3) is 0 Å². The van der Waals surface area contributed by atoms with E-state index in [1.165, 1.54) is 12.8 Å². The molecule has 1 N–H and O–H groups in total. The molecular weight excluding hydrogens is 278 g/mol. The Morgan fingerprint density at radius 3 is 2.88 bits per heavy atom. The van der Waals surface area contributed by atoms with E-state index >= 15 is 0 Å². The lowest BCUT2D eigenvalue weighted by Crippen LogP contribution is -2.05. The van der Waals surface area contributed by atoms with Gasteiger partial charge in [0.15, 0.2) is 0 Å². The van der Waals surface area contributed by atoms with E-state index in [0.717, 1.165) is 21.7 Å². The van der Waals surface area contributed by atoms with Gasteiger partial charge in [-0.2, -0.15) is 0 Å². The van der Waals surface area contributed by atoms with Crippen molar-refractivity contribution < 1.29 is 0 Å². The molecule has 1 aliphatic rings. The van der Waals surface area contributed by atoms with E-state index in [-0.39, 0.29) is 0 Å². The van der Waals surface area contributed by atoms with Crippen molar-refractivity contribution in [2.24, 2.45) is 0 Å². The number of halogens is 1. The van der Waals surface area contributed by atoms with Gasteiger partial charge in [0.2, 0.25) is 5.95 Å². The first kappa shape index (κ1) is 10.7. The highest BCUT2D eigenvalue weighted by Crippen LogP contribution is 2.25. The van der Waals surface area contributed by atoms with Gasteiger partial charge in [-0.05, 0) is 31.0 Å². The molecule has 1 fully saturated rings. The zero-order valence-corrected chi connectivity index (χ0v) is 10.8. The van der Waals surface area contributed by atoms with E-state index in [2.05, 4.69) is 37.3 Å². The molecule has 86 valence electrons. The second kappa shape index (κ2) is 4.45. The molecule has 0 amide bonds. The zero-order valence-electron chi connectivity index (χ0n) is 9.23. The van der Waals surface area contributed by atoms with Crippen LogP contribution in [-0.2, 0) is 0 Å². The number of nitrogens with zero attached hydrogens (tertiary/aromatic N) is 2. The summed E-state index contributed by atoms with van der Waals surface area (Å²) in [6, 6.07) is 10.6. The summed E-state index contributed by atoms with van der Waals surface area (Å²) in [4.78, 5) is 8.75. The molecule has 0 radical (unpaired) electrons. The van der Waals surface area contributed by atoms with Crippen LogP contribution in [0.5, 0.6) is 0 Å².